The van der Waals surface area contributed by atoms with E-state index in [4.69, 9.17) is 0 Å². The van der Waals surface area contributed by atoms with E-state index in [1.807, 2.05) is 25.2 Å². The van der Waals surface area contributed by atoms with E-state index in [0.717, 1.165) is 30.2 Å². The standard InChI is InChI=1S/C14H16N4/c1-15-13-10-6-2-3-7-11(10)17-14(18-13)12-8-4-5-9-16-12/h4-5,8-9H,2-3,6-7H2,1H3,(H,15,17,18). The van der Waals surface area contributed by atoms with Crippen molar-refractivity contribution < 1.29 is 0 Å². The van der Waals surface area contributed by atoms with Gasteiger partial charge in [0.1, 0.15) is 11.5 Å². The van der Waals surface area contributed by atoms with E-state index < -0.39 is 0 Å². The number of aryl methyl sites for hydroxylation is 1. The second-order valence-corrected chi connectivity index (χ2v) is 4.49. The molecule has 2 heterocycles. The molecule has 0 spiro atoms. The fraction of sp³-hybridized carbons (Fsp3) is 0.357. The number of aromatic nitrogens is 3. The topological polar surface area (TPSA) is 50.7 Å². The minimum absolute atomic E-state index is 0.723. The highest BCUT2D eigenvalue weighted by Crippen LogP contribution is 2.27. The molecule has 1 N–H and O–H groups in total. The van der Waals surface area contributed by atoms with Crippen LogP contribution in [0.5, 0.6) is 0 Å². The summed E-state index contributed by atoms with van der Waals surface area (Å²) >= 11 is 0. The van der Waals surface area contributed by atoms with Crippen molar-refractivity contribution >= 4 is 5.82 Å². The van der Waals surface area contributed by atoms with Gasteiger partial charge in [0.25, 0.3) is 0 Å². The quantitative estimate of drug-likeness (QED) is 0.876. The van der Waals surface area contributed by atoms with Gasteiger partial charge in [0.05, 0.1) is 0 Å². The van der Waals surface area contributed by atoms with Gasteiger partial charge >= 0.3 is 0 Å². The monoisotopic (exact) mass is 240 g/mol. The highest BCUT2D eigenvalue weighted by atomic mass is 15.0. The Morgan fingerprint density at radius 1 is 1.11 bits per heavy atom. The van der Waals surface area contributed by atoms with Gasteiger partial charge in [-0.2, -0.15) is 0 Å². The molecule has 0 atom stereocenters. The maximum absolute atomic E-state index is 4.68. The molecule has 0 unspecified atom stereocenters. The van der Waals surface area contributed by atoms with E-state index in [1.165, 1.54) is 24.1 Å². The summed E-state index contributed by atoms with van der Waals surface area (Å²) in [6, 6.07) is 5.81. The van der Waals surface area contributed by atoms with E-state index in [9.17, 15) is 0 Å². The number of nitrogens with zero attached hydrogens (tertiary/aromatic N) is 3. The predicted molar refractivity (Wildman–Crippen MR) is 71.5 cm³/mol. The van der Waals surface area contributed by atoms with Crippen LogP contribution in [-0.4, -0.2) is 22.0 Å². The van der Waals surface area contributed by atoms with Crippen LogP contribution in [-0.2, 0) is 12.8 Å². The third-order valence-electron chi connectivity index (χ3n) is 3.31. The molecular formula is C14H16N4. The first-order valence-electron chi connectivity index (χ1n) is 6.37. The molecule has 0 aliphatic heterocycles. The van der Waals surface area contributed by atoms with Crippen LogP contribution in [0.1, 0.15) is 24.1 Å². The molecule has 0 saturated carbocycles. The molecule has 3 rings (SSSR count). The molecule has 0 amide bonds. The maximum atomic E-state index is 4.68. The molecule has 92 valence electrons. The highest BCUT2D eigenvalue weighted by Gasteiger charge is 2.17. The minimum atomic E-state index is 0.723. The van der Waals surface area contributed by atoms with Gasteiger partial charge in [-0.05, 0) is 37.8 Å². The number of hydrogen-bond acceptors (Lipinski definition) is 4. The average molecular weight is 240 g/mol. The summed E-state index contributed by atoms with van der Waals surface area (Å²) in [4.78, 5) is 13.6. The summed E-state index contributed by atoms with van der Waals surface area (Å²) in [5.74, 6) is 1.68. The molecule has 1 aliphatic carbocycles. The fourth-order valence-corrected chi connectivity index (χ4v) is 2.41. The van der Waals surface area contributed by atoms with Crippen LogP contribution in [0, 0.1) is 0 Å². The van der Waals surface area contributed by atoms with E-state index in [0.29, 0.717) is 0 Å². The first kappa shape index (κ1) is 11.1. The normalized spacial score (nSPS) is 14.1. The zero-order chi connectivity index (χ0) is 12.4. The molecule has 4 heteroatoms. The lowest BCUT2D eigenvalue weighted by Gasteiger charge is -2.18. The Kier molecular flexibility index (Phi) is 2.92. The lowest BCUT2D eigenvalue weighted by Crippen LogP contribution is -2.12. The molecule has 1 aliphatic rings. The van der Waals surface area contributed by atoms with Gasteiger partial charge in [-0.3, -0.25) is 4.98 Å². The van der Waals surface area contributed by atoms with Crippen LogP contribution in [0.15, 0.2) is 24.4 Å². The minimum Gasteiger partial charge on any atom is -0.373 e. The summed E-state index contributed by atoms with van der Waals surface area (Å²) in [7, 11) is 1.92. The molecule has 18 heavy (non-hydrogen) atoms. The predicted octanol–water partition coefficient (Wildman–Crippen LogP) is 2.46. The largest absolute Gasteiger partial charge is 0.373 e. The number of pyridine rings is 1. The van der Waals surface area contributed by atoms with E-state index >= 15 is 0 Å². The van der Waals surface area contributed by atoms with Crippen LogP contribution in [0.25, 0.3) is 11.5 Å². The van der Waals surface area contributed by atoms with Crippen LogP contribution in [0.3, 0.4) is 0 Å². The molecule has 2 aromatic heterocycles. The smallest absolute Gasteiger partial charge is 0.180 e. The summed E-state index contributed by atoms with van der Waals surface area (Å²) < 4.78 is 0. The third kappa shape index (κ3) is 1.94. The highest BCUT2D eigenvalue weighted by molar-refractivity contribution is 5.56. The average Bonchev–Trinajstić information content (AvgIpc) is 2.47. The lowest BCUT2D eigenvalue weighted by atomic mass is 9.96. The molecule has 2 aromatic rings. The molecule has 0 radical (unpaired) electrons. The van der Waals surface area contributed by atoms with Gasteiger partial charge in [-0.1, -0.05) is 6.07 Å². The second-order valence-electron chi connectivity index (χ2n) is 4.49. The summed E-state index contributed by atoms with van der Waals surface area (Å²) in [6.07, 6.45) is 6.35. The Bertz CT molecular complexity index is 534. The van der Waals surface area contributed by atoms with Crippen LogP contribution < -0.4 is 5.32 Å². The lowest BCUT2D eigenvalue weighted by molar-refractivity contribution is 0.665. The van der Waals surface area contributed by atoms with Crippen molar-refractivity contribution in [3.63, 3.8) is 0 Å². The van der Waals surface area contributed by atoms with Crippen LogP contribution in [0.2, 0.25) is 0 Å². The molecule has 0 saturated heterocycles. The number of fused-ring (bicyclic) bond motifs is 1. The SMILES string of the molecule is CNc1nc(-c2ccccn2)nc2c1CCCC2. The van der Waals surface area contributed by atoms with Gasteiger partial charge in [0.15, 0.2) is 5.82 Å². The molecule has 4 nitrogen and oxygen atoms in total. The van der Waals surface area contributed by atoms with Crippen molar-refractivity contribution in [2.45, 2.75) is 25.7 Å². The van der Waals surface area contributed by atoms with E-state index in [2.05, 4.69) is 20.3 Å². The van der Waals surface area contributed by atoms with Crippen molar-refractivity contribution in [1.29, 1.82) is 0 Å². The van der Waals surface area contributed by atoms with Crippen molar-refractivity contribution in [3.8, 4) is 11.5 Å². The van der Waals surface area contributed by atoms with Gasteiger partial charge in [-0.25, -0.2) is 9.97 Å². The maximum Gasteiger partial charge on any atom is 0.180 e. The van der Waals surface area contributed by atoms with Gasteiger partial charge in [0, 0.05) is 24.5 Å². The van der Waals surface area contributed by atoms with Crippen molar-refractivity contribution in [3.05, 3.63) is 35.7 Å². The Morgan fingerprint density at radius 3 is 2.78 bits per heavy atom. The Balaban J connectivity index is 2.12. The molecule has 0 bridgehead atoms. The van der Waals surface area contributed by atoms with Crippen molar-refractivity contribution in [2.24, 2.45) is 0 Å². The molecular weight excluding hydrogens is 224 g/mol. The molecule has 0 aromatic carbocycles. The number of anilines is 1. The first-order chi connectivity index (χ1) is 8.88. The second kappa shape index (κ2) is 4.72. The third-order valence-corrected chi connectivity index (χ3v) is 3.31. The zero-order valence-corrected chi connectivity index (χ0v) is 10.5. The summed E-state index contributed by atoms with van der Waals surface area (Å²) in [5.41, 5.74) is 3.30. The van der Waals surface area contributed by atoms with Gasteiger partial charge in [0.2, 0.25) is 0 Å². The first-order valence-corrected chi connectivity index (χ1v) is 6.37. The van der Waals surface area contributed by atoms with E-state index in [-0.39, 0.29) is 0 Å². The molecule has 0 fully saturated rings. The van der Waals surface area contributed by atoms with Gasteiger partial charge < -0.3 is 5.32 Å². The Morgan fingerprint density at radius 2 is 2.00 bits per heavy atom. The fourth-order valence-electron chi connectivity index (χ4n) is 2.41. The van der Waals surface area contributed by atoms with E-state index in [1.54, 1.807) is 6.20 Å². The summed E-state index contributed by atoms with van der Waals surface area (Å²) in [6.45, 7) is 0. The van der Waals surface area contributed by atoms with Crippen LogP contribution in [0.4, 0.5) is 5.82 Å². The Hall–Kier alpha value is -1.97. The Labute approximate surface area is 107 Å². The van der Waals surface area contributed by atoms with Crippen molar-refractivity contribution in [2.75, 3.05) is 12.4 Å². The zero-order valence-electron chi connectivity index (χ0n) is 10.5. The van der Waals surface area contributed by atoms with Crippen molar-refractivity contribution in [1.82, 2.24) is 15.0 Å². The number of nitrogens with one attached hydrogen (secondary N) is 1. The van der Waals surface area contributed by atoms with Crippen LogP contribution >= 0.6 is 0 Å². The number of hydrogen-bond donors (Lipinski definition) is 1. The number of rotatable bonds is 2. The summed E-state index contributed by atoms with van der Waals surface area (Å²) in [5, 5.41) is 3.19. The van der Waals surface area contributed by atoms with Gasteiger partial charge in [-0.15, -0.1) is 0 Å².